The third kappa shape index (κ3) is 2.91. The summed E-state index contributed by atoms with van der Waals surface area (Å²) in [5.41, 5.74) is 3.31. The van der Waals surface area contributed by atoms with E-state index >= 15 is 0 Å². The van der Waals surface area contributed by atoms with Gasteiger partial charge in [-0.05, 0) is 56.5 Å². The van der Waals surface area contributed by atoms with Gasteiger partial charge in [-0.3, -0.25) is 4.79 Å². The van der Waals surface area contributed by atoms with Crippen LogP contribution in [0.25, 0.3) is 0 Å². The van der Waals surface area contributed by atoms with Crippen molar-refractivity contribution >= 4 is 5.97 Å². The molecule has 98 valence electrons. The van der Waals surface area contributed by atoms with Gasteiger partial charge in [0.1, 0.15) is 0 Å². The molecule has 1 aromatic rings. The minimum Gasteiger partial charge on any atom is -0.481 e. The summed E-state index contributed by atoms with van der Waals surface area (Å²) in [7, 11) is 0. The van der Waals surface area contributed by atoms with E-state index in [-0.39, 0.29) is 0 Å². The molecule has 1 unspecified atom stereocenters. The van der Waals surface area contributed by atoms with Gasteiger partial charge in [-0.25, -0.2) is 0 Å². The van der Waals surface area contributed by atoms with Gasteiger partial charge >= 0.3 is 5.97 Å². The number of hydrogen-bond donors (Lipinski definition) is 1. The summed E-state index contributed by atoms with van der Waals surface area (Å²) < 4.78 is 0. The summed E-state index contributed by atoms with van der Waals surface area (Å²) in [6.07, 6.45) is 2.39. The van der Waals surface area contributed by atoms with Crippen molar-refractivity contribution < 1.29 is 9.90 Å². The van der Waals surface area contributed by atoms with Crippen LogP contribution in [0.3, 0.4) is 0 Å². The Bertz CT molecular complexity index is 436. The van der Waals surface area contributed by atoms with E-state index in [2.05, 4.69) is 11.8 Å². The van der Waals surface area contributed by atoms with Crippen molar-refractivity contribution in [3.05, 3.63) is 34.9 Å². The van der Waals surface area contributed by atoms with Crippen LogP contribution in [0.2, 0.25) is 0 Å². The van der Waals surface area contributed by atoms with Crippen LogP contribution in [0.4, 0.5) is 0 Å². The van der Waals surface area contributed by atoms with Gasteiger partial charge in [0, 0.05) is 6.54 Å². The zero-order valence-corrected chi connectivity index (χ0v) is 11.1. The lowest BCUT2D eigenvalue weighted by Crippen LogP contribution is -2.29. The van der Waals surface area contributed by atoms with E-state index in [1.165, 1.54) is 24.0 Å². The van der Waals surface area contributed by atoms with E-state index < -0.39 is 11.9 Å². The van der Waals surface area contributed by atoms with Crippen LogP contribution >= 0.6 is 0 Å². The minimum absolute atomic E-state index is 0.401. The molecule has 0 saturated carbocycles. The minimum atomic E-state index is -0.717. The molecule has 1 aliphatic rings. The number of benzene rings is 1. The maximum atomic E-state index is 11.5. The number of likely N-dealkylation sites (tertiary alicyclic amines) is 1. The van der Waals surface area contributed by atoms with Gasteiger partial charge < -0.3 is 10.0 Å². The molecule has 18 heavy (non-hydrogen) atoms. The van der Waals surface area contributed by atoms with Crippen LogP contribution in [-0.2, 0) is 4.79 Å². The standard InChI is InChI=1S/C15H21NO2/c1-11-5-6-13(9-12(11)2)14(15(17)18)10-16-7-3-4-8-16/h5-6,9,14H,3-4,7-8,10H2,1-2H3,(H,17,18). The Balaban J connectivity index is 2.17. The predicted octanol–water partition coefficient (Wildman–Crippen LogP) is 2.57. The summed E-state index contributed by atoms with van der Waals surface area (Å²) >= 11 is 0. The zero-order valence-electron chi connectivity index (χ0n) is 11.1. The average molecular weight is 247 g/mol. The first-order valence-electron chi connectivity index (χ1n) is 6.60. The molecule has 0 aliphatic carbocycles. The van der Waals surface area contributed by atoms with Crippen molar-refractivity contribution in [1.29, 1.82) is 0 Å². The highest BCUT2D eigenvalue weighted by molar-refractivity contribution is 5.76. The highest BCUT2D eigenvalue weighted by atomic mass is 16.4. The first-order valence-corrected chi connectivity index (χ1v) is 6.60. The molecule has 1 heterocycles. The summed E-state index contributed by atoms with van der Waals surface area (Å²) in [5, 5.41) is 9.42. The first-order chi connectivity index (χ1) is 8.58. The molecular formula is C15H21NO2. The van der Waals surface area contributed by atoms with E-state index in [1.54, 1.807) is 0 Å². The predicted molar refractivity (Wildman–Crippen MR) is 72.0 cm³/mol. The highest BCUT2D eigenvalue weighted by Gasteiger charge is 2.24. The van der Waals surface area contributed by atoms with E-state index in [0.717, 1.165) is 18.7 Å². The van der Waals surface area contributed by atoms with Crippen LogP contribution < -0.4 is 0 Å². The second-order valence-corrected chi connectivity index (χ2v) is 5.24. The second kappa shape index (κ2) is 5.53. The molecule has 1 saturated heterocycles. The fourth-order valence-electron chi connectivity index (χ4n) is 2.53. The lowest BCUT2D eigenvalue weighted by Gasteiger charge is -2.21. The quantitative estimate of drug-likeness (QED) is 0.889. The zero-order chi connectivity index (χ0) is 13.1. The van der Waals surface area contributed by atoms with Crippen LogP contribution in [0.5, 0.6) is 0 Å². The van der Waals surface area contributed by atoms with E-state index in [9.17, 15) is 9.90 Å². The molecule has 0 amide bonds. The molecule has 1 fully saturated rings. The fraction of sp³-hybridized carbons (Fsp3) is 0.533. The number of carbonyl (C=O) groups is 1. The maximum absolute atomic E-state index is 11.5. The van der Waals surface area contributed by atoms with E-state index in [0.29, 0.717) is 6.54 Å². The average Bonchev–Trinajstić information content (AvgIpc) is 2.82. The Morgan fingerprint density at radius 1 is 1.28 bits per heavy atom. The van der Waals surface area contributed by atoms with Gasteiger partial charge in [-0.15, -0.1) is 0 Å². The normalized spacial score (nSPS) is 17.9. The van der Waals surface area contributed by atoms with Crippen molar-refractivity contribution in [3.8, 4) is 0 Å². The number of carboxylic acid groups (broad SMARTS) is 1. The number of aryl methyl sites for hydroxylation is 2. The van der Waals surface area contributed by atoms with Gasteiger partial charge in [-0.2, -0.15) is 0 Å². The Kier molecular flexibility index (Phi) is 4.02. The summed E-state index contributed by atoms with van der Waals surface area (Å²) in [4.78, 5) is 13.7. The Labute approximate surface area is 108 Å². The van der Waals surface area contributed by atoms with Crippen molar-refractivity contribution in [2.75, 3.05) is 19.6 Å². The van der Waals surface area contributed by atoms with Crippen molar-refractivity contribution in [2.45, 2.75) is 32.6 Å². The summed E-state index contributed by atoms with van der Waals surface area (Å²) in [6, 6.07) is 5.99. The number of aliphatic carboxylic acids is 1. The molecule has 1 atom stereocenters. The molecule has 0 aromatic heterocycles. The number of carboxylic acids is 1. The third-order valence-corrected chi connectivity index (χ3v) is 3.87. The lowest BCUT2D eigenvalue weighted by molar-refractivity contribution is -0.139. The first kappa shape index (κ1) is 13.1. The van der Waals surface area contributed by atoms with Gasteiger partial charge in [0.25, 0.3) is 0 Å². The van der Waals surface area contributed by atoms with Gasteiger partial charge in [0.15, 0.2) is 0 Å². The third-order valence-electron chi connectivity index (χ3n) is 3.87. The second-order valence-electron chi connectivity index (χ2n) is 5.24. The summed E-state index contributed by atoms with van der Waals surface area (Å²) in [5.74, 6) is -1.12. The lowest BCUT2D eigenvalue weighted by atomic mass is 9.95. The molecule has 1 aromatic carbocycles. The molecular weight excluding hydrogens is 226 g/mol. The Morgan fingerprint density at radius 3 is 2.50 bits per heavy atom. The fourth-order valence-corrected chi connectivity index (χ4v) is 2.53. The highest BCUT2D eigenvalue weighted by Crippen LogP contribution is 2.22. The topological polar surface area (TPSA) is 40.5 Å². The monoisotopic (exact) mass is 247 g/mol. The molecule has 0 spiro atoms. The number of hydrogen-bond acceptors (Lipinski definition) is 2. The molecule has 0 radical (unpaired) electrons. The van der Waals surface area contributed by atoms with Crippen molar-refractivity contribution in [1.82, 2.24) is 4.90 Å². The SMILES string of the molecule is Cc1ccc(C(CN2CCCC2)C(=O)O)cc1C. The molecule has 1 aliphatic heterocycles. The maximum Gasteiger partial charge on any atom is 0.312 e. The number of nitrogens with zero attached hydrogens (tertiary/aromatic N) is 1. The van der Waals surface area contributed by atoms with Gasteiger partial charge in [-0.1, -0.05) is 18.2 Å². The van der Waals surface area contributed by atoms with Crippen molar-refractivity contribution in [3.63, 3.8) is 0 Å². The summed E-state index contributed by atoms with van der Waals surface area (Å²) in [6.45, 7) is 6.80. The molecule has 1 N–H and O–H groups in total. The Morgan fingerprint density at radius 2 is 1.94 bits per heavy atom. The molecule has 3 heteroatoms. The van der Waals surface area contributed by atoms with Crippen LogP contribution in [-0.4, -0.2) is 35.6 Å². The molecule has 3 nitrogen and oxygen atoms in total. The molecule has 0 bridgehead atoms. The van der Waals surface area contributed by atoms with Gasteiger partial charge in [0.05, 0.1) is 5.92 Å². The van der Waals surface area contributed by atoms with Crippen LogP contribution in [0.15, 0.2) is 18.2 Å². The molecule has 2 rings (SSSR count). The van der Waals surface area contributed by atoms with Crippen LogP contribution in [0, 0.1) is 13.8 Å². The van der Waals surface area contributed by atoms with Crippen LogP contribution in [0.1, 0.15) is 35.4 Å². The number of rotatable bonds is 4. The largest absolute Gasteiger partial charge is 0.481 e. The van der Waals surface area contributed by atoms with E-state index in [4.69, 9.17) is 0 Å². The van der Waals surface area contributed by atoms with Gasteiger partial charge in [0.2, 0.25) is 0 Å². The van der Waals surface area contributed by atoms with E-state index in [1.807, 2.05) is 25.1 Å². The Hall–Kier alpha value is -1.35. The van der Waals surface area contributed by atoms with Crippen molar-refractivity contribution in [2.24, 2.45) is 0 Å². The smallest absolute Gasteiger partial charge is 0.312 e.